The zero-order valence-corrected chi connectivity index (χ0v) is 14.5. The van der Waals surface area contributed by atoms with Gasteiger partial charge < -0.3 is 14.8 Å². The summed E-state index contributed by atoms with van der Waals surface area (Å²) < 4.78 is 23.8. The molecule has 0 bridgehead atoms. The maximum absolute atomic E-state index is 13.7. The molecule has 2 rings (SSSR count). The van der Waals surface area contributed by atoms with E-state index in [0.717, 1.165) is 11.6 Å². The Hall–Kier alpha value is -2.44. The normalized spacial score (nSPS) is 11.7. The molecule has 0 aliphatic rings. The van der Waals surface area contributed by atoms with Gasteiger partial charge in [-0.05, 0) is 42.8 Å². The molecule has 0 aromatic heterocycles. The van der Waals surface area contributed by atoms with Crippen LogP contribution in [0.2, 0.25) is 5.02 Å². The second kappa shape index (κ2) is 8.60. The number of amides is 1. The van der Waals surface area contributed by atoms with Crippen molar-refractivity contribution in [2.24, 2.45) is 0 Å². The number of hydrogen-bond acceptors (Lipinski definition) is 4. The van der Waals surface area contributed by atoms with E-state index in [1.165, 1.54) is 19.1 Å². The third-order valence-electron chi connectivity index (χ3n) is 3.32. The molecule has 0 aliphatic heterocycles. The number of nitrogens with one attached hydrogen (secondary N) is 1. The van der Waals surface area contributed by atoms with Gasteiger partial charge in [0.05, 0.1) is 17.9 Å². The van der Waals surface area contributed by atoms with Crippen LogP contribution in [-0.4, -0.2) is 25.1 Å². The number of halogens is 2. The van der Waals surface area contributed by atoms with E-state index in [1.807, 2.05) is 0 Å². The quantitative estimate of drug-likeness (QED) is 0.790. The molecule has 7 heteroatoms. The molecule has 1 N–H and O–H groups in total. The molecule has 0 unspecified atom stereocenters. The molecule has 0 aliphatic carbocycles. The Bertz CT molecular complexity index is 781. The van der Waals surface area contributed by atoms with Crippen molar-refractivity contribution >= 4 is 29.2 Å². The molecule has 2 aromatic carbocycles. The van der Waals surface area contributed by atoms with E-state index in [4.69, 9.17) is 21.1 Å². The molecule has 5 nitrogen and oxygen atoms in total. The van der Waals surface area contributed by atoms with Gasteiger partial charge in [0, 0.05) is 12.1 Å². The highest BCUT2D eigenvalue weighted by Crippen LogP contribution is 2.19. The fraction of sp³-hybridized carbons (Fsp3) is 0.222. The zero-order chi connectivity index (χ0) is 18.4. The summed E-state index contributed by atoms with van der Waals surface area (Å²) in [6.07, 6.45) is -1.10. The number of benzene rings is 2. The van der Waals surface area contributed by atoms with E-state index in [1.54, 1.807) is 31.4 Å². The van der Waals surface area contributed by atoms with Crippen LogP contribution < -0.4 is 5.32 Å². The number of ether oxygens (including phenoxy) is 2. The highest BCUT2D eigenvalue weighted by molar-refractivity contribution is 6.30. The van der Waals surface area contributed by atoms with Gasteiger partial charge in [0.2, 0.25) is 0 Å². The Labute approximate surface area is 149 Å². The molecule has 25 heavy (non-hydrogen) atoms. The van der Waals surface area contributed by atoms with E-state index in [0.29, 0.717) is 12.2 Å². The van der Waals surface area contributed by atoms with Gasteiger partial charge in [0.15, 0.2) is 6.10 Å². The first-order chi connectivity index (χ1) is 11.9. The molecular weight excluding hydrogens is 349 g/mol. The minimum atomic E-state index is -1.10. The van der Waals surface area contributed by atoms with E-state index in [-0.39, 0.29) is 10.7 Å². The van der Waals surface area contributed by atoms with Gasteiger partial charge >= 0.3 is 5.97 Å². The molecular formula is C18H17ClFNO4. The van der Waals surface area contributed by atoms with Gasteiger partial charge in [0.25, 0.3) is 5.91 Å². The van der Waals surface area contributed by atoms with Crippen molar-refractivity contribution in [2.75, 3.05) is 12.4 Å². The predicted molar refractivity (Wildman–Crippen MR) is 92.1 cm³/mol. The number of rotatable bonds is 6. The van der Waals surface area contributed by atoms with Crippen LogP contribution in [0, 0.1) is 5.82 Å². The monoisotopic (exact) mass is 365 g/mol. The zero-order valence-electron chi connectivity index (χ0n) is 13.7. The lowest BCUT2D eigenvalue weighted by atomic mass is 10.1. The molecule has 0 fully saturated rings. The average molecular weight is 366 g/mol. The molecule has 1 atom stereocenters. The van der Waals surface area contributed by atoms with E-state index >= 15 is 0 Å². The van der Waals surface area contributed by atoms with E-state index < -0.39 is 23.8 Å². The third kappa shape index (κ3) is 5.27. The molecule has 0 saturated carbocycles. The third-order valence-corrected chi connectivity index (χ3v) is 3.55. The summed E-state index contributed by atoms with van der Waals surface area (Å²) in [6, 6.07) is 10.5. The summed E-state index contributed by atoms with van der Waals surface area (Å²) in [5, 5.41) is 2.57. The van der Waals surface area contributed by atoms with Gasteiger partial charge in [-0.2, -0.15) is 0 Å². The van der Waals surface area contributed by atoms with Gasteiger partial charge in [-0.25, -0.2) is 9.18 Å². The van der Waals surface area contributed by atoms with Crippen LogP contribution >= 0.6 is 11.6 Å². The lowest BCUT2D eigenvalue weighted by Gasteiger charge is -2.14. The van der Waals surface area contributed by atoms with Crippen LogP contribution in [-0.2, 0) is 20.9 Å². The highest BCUT2D eigenvalue weighted by Gasteiger charge is 2.20. The SMILES string of the molecule is COCc1cccc(C(=O)O[C@@H](C)C(=O)Nc2ccc(Cl)cc2F)c1. The van der Waals surface area contributed by atoms with Crippen LogP contribution in [0.3, 0.4) is 0 Å². The fourth-order valence-electron chi connectivity index (χ4n) is 2.06. The number of anilines is 1. The van der Waals surface area contributed by atoms with Crippen molar-refractivity contribution in [3.63, 3.8) is 0 Å². The number of carbonyl (C=O) groups is 2. The van der Waals surface area contributed by atoms with Crippen LogP contribution in [0.25, 0.3) is 0 Å². The maximum atomic E-state index is 13.7. The first-order valence-corrected chi connectivity index (χ1v) is 7.83. The lowest BCUT2D eigenvalue weighted by molar-refractivity contribution is -0.123. The van der Waals surface area contributed by atoms with Crippen molar-refractivity contribution in [1.82, 2.24) is 0 Å². The van der Waals surface area contributed by atoms with Crippen molar-refractivity contribution < 1.29 is 23.5 Å². The number of carbonyl (C=O) groups excluding carboxylic acids is 2. The van der Waals surface area contributed by atoms with Crippen LogP contribution in [0.1, 0.15) is 22.8 Å². The van der Waals surface area contributed by atoms with E-state index in [2.05, 4.69) is 5.32 Å². The molecule has 132 valence electrons. The summed E-state index contributed by atoms with van der Waals surface area (Å²) in [4.78, 5) is 24.2. The van der Waals surface area contributed by atoms with Crippen LogP contribution in [0.5, 0.6) is 0 Å². The lowest BCUT2D eigenvalue weighted by Crippen LogP contribution is -2.30. The molecule has 2 aromatic rings. The van der Waals surface area contributed by atoms with Gasteiger partial charge in [-0.3, -0.25) is 4.79 Å². The van der Waals surface area contributed by atoms with Gasteiger partial charge in [-0.15, -0.1) is 0 Å². The van der Waals surface area contributed by atoms with Crippen molar-refractivity contribution in [3.8, 4) is 0 Å². The molecule has 0 heterocycles. The Morgan fingerprint density at radius 3 is 2.68 bits per heavy atom. The number of methoxy groups -OCH3 is 1. The Kier molecular flexibility index (Phi) is 6.50. The van der Waals surface area contributed by atoms with Crippen molar-refractivity contribution in [3.05, 3.63) is 64.4 Å². The summed E-state index contributed by atoms with van der Waals surface area (Å²) in [6.45, 7) is 1.76. The second-order valence-corrected chi connectivity index (χ2v) is 5.73. The summed E-state index contributed by atoms with van der Waals surface area (Å²) in [7, 11) is 1.55. The van der Waals surface area contributed by atoms with Crippen LogP contribution in [0.15, 0.2) is 42.5 Å². The average Bonchev–Trinajstić information content (AvgIpc) is 2.57. The van der Waals surface area contributed by atoms with Crippen molar-refractivity contribution in [1.29, 1.82) is 0 Å². The first-order valence-electron chi connectivity index (χ1n) is 7.45. The summed E-state index contributed by atoms with van der Waals surface area (Å²) in [5.41, 5.74) is 1.06. The molecule has 0 spiro atoms. The number of esters is 1. The highest BCUT2D eigenvalue weighted by atomic mass is 35.5. The topological polar surface area (TPSA) is 64.6 Å². The maximum Gasteiger partial charge on any atom is 0.338 e. The largest absolute Gasteiger partial charge is 0.449 e. The predicted octanol–water partition coefficient (Wildman–Crippen LogP) is 3.81. The first kappa shape index (κ1) is 18.9. The van der Waals surface area contributed by atoms with Crippen molar-refractivity contribution in [2.45, 2.75) is 19.6 Å². The second-order valence-electron chi connectivity index (χ2n) is 5.29. The Morgan fingerprint density at radius 2 is 2.00 bits per heavy atom. The number of hydrogen-bond donors (Lipinski definition) is 1. The minimum absolute atomic E-state index is 0.0422. The van der Waals surface area contributed by atoms with Gasteiger partial charge in [-0.1, -0.05) is 23.7 Å². The fourth-order valence-corrected chi connectivity index (χ4v) is 2.22. The minimum Gasteiger partial charge on any atom is -0.449 e. The Balaban J connectivity index is 2.00. The standard InChI is InChI=1S/C18H17ClFNO4/c1-11(17(22)21-16-7-6-14(19)9-15(16)20)25-18(23)13-5-3-4-12(8-13)10-24-2/h3-9,11H,10H2,1-2H3,(H,21,22)/t11-/m0/s1. The van der Waals surface area contributed by atoms with Crippen LogP contribution in [0.4, 0.5) is 10.1 Å². The molecule has 0 saturated heterocycles. The van der Waals surface area contributed by atoms with E-state index in [9.17, 15) is 14.0 Å². The summed E-state index contributed by atoms with van der Waals surface area (Å²) >= 11 is 5.66. The molecule has 0 radical (unpaired) electrons. The smallest absolute Gasteiger partial charge is 0.338 e. The van der Waals surface area contributed by atoms with Gasteiger partial charge in [0.1, 0.15) is 5.82 Å². The summed E-state index contributed by atoms with van der Waals surface area (Å²) in [5.74, 6) is -1.98. The Morgan fingerprint density at radius 1 is 1.24 bits per heavy atom. The molecule has 1 amide bonds.